The van der Waals surface area contributed by atoms with Gasteiger partial charge in [-0.25, -0.2) is 0 Å². The highest BCUT2D eigenvalue weighted by Crippen LogP contribution is 2.35. The molecule has 3 aromatic rings. The summed E-state index contributed by atoms with van der Waals surface area (Å²) in [4.78, 5) is 0. The lowest BCUT2D eigenvalue weighted by atomic mass is 9.90. The van der Waals surface area contributed by atoms with E-state index in [1.807, 2.05) is 0 Å². The molecule has 0 aliphatic carbocycles. The zero-order valence-corrected chi connectivity index (χ0v) is 18.1. The van der Waals surface area contributed by atoms with Crippen LogP contribution in [0.3, 0.4) is 0 Å². The van der Waals surface area contributed by atoms with Crippen molar-refractivity contribution in [1.29, 1.82) is 0 Å². The molecule has 0 heterocycles. The maximum atomic E-state index is 9.49. The molecular weight excluding hydrogens is 354 g/mol. The average molecular weight is 386 g/mol. The SMILES string of the molecule is C=C(O)Nc1cc(C)c(-c2ccc(-c3ccc(C(C)CC)cc3)cc2)c(C)c1C. The molecular formula is C27H31NO. The first-order valence-electron chi connectivity index (χ1n) is 10.3. The minimum atomic E-state index is -0.0386. The summed E-state index contributed by atoms with van der Waals surface area (Å²) in [6, 6.07) is 19.8. The molecule has 0 spiro atoms. The first-order chi connectivity index (χ1) is 13.8. The number of anilines is 1. The summed E-state index contributed by atoms with van der Waals surface area (Å²) in [5, 5.41) is 12.4. The molecule has 0 bridgehead atoms. The molecule has 3 rings (SSSR count). The van der Waals surface area contributed by atoms with E-state index < -0.39 is 0 Å². The lowest BCUT2D eigenvalue weighted by molar-refractivity contribution is 0.422. The van der Waals surface area contributed by atoms with Gasteiger partial charge in [-0.2, -0.15) is 0 Å². The topological polar surface area (TPSA) is 32.3 Å². The molecule has 1 atom stereocenters. The normalized spacial score (nSPS) is 11.9. The van der Waals surface area contributed by atoms with Crippen molar-refractivity contribution in [3.8, 4) is 22.3 Å². The molecule has 0 amide bonds. The van der Waals surface area contributed by atoms with Crippen LogP contribution in [-0.4, -0.2) is 5.11 Å². The van der Waals surface area contributed by atoms with Gasteiger partial charge in [-0.3, -0.25) is 0 Å². The Balaban J connectivity index is 1.92. The third kappa shape index (κ3) is 4.37. The second-order valence-corrected chi connectivity index (χ2v) is 7.95. The lowest BCUT2D eigenvalue weighted by Crippen LogP contribution is -2.02. The van der Waals surface area contributed by atoms with Crippen LogP contribution in [0, 0.1) is 20.8 Å². The molecule has 0 radical (unpaired) electrons. The molecule has 1 unspecified atom stereocenters. The van der Waals surface area contributed by atoms with Crippen LogP contribution in [0.4, 0.5) is 5.69 Å². The molecule has 0 aromatic heterocycles. The molecule has 0 aliphatic heterocycles. The third-order valence-corrected chi connectivity index (χ3v) is 5.97. The van der Waals surface area contributed by atoms with E-state index in [9.17, 15) is 5.11 Å². The van der Waals surface area contributed by atoms with Crippen LogP contribution in [0.25, 0.3) is 22.3 Å². The van der Waals surface area contributed by atoms with Crippen LogP contribution in [-0.2, 0) is 0 Å². The summed E-state index contributed by atoms with van der Waals surface area (Å²) in [5.74, 6) is 0.560. The number of nitrogens with one attached hydrogen (secondary N) is 1. The van der Waals surface area contributed by atoms with Crippen molar-refractivity contribution in [2.24, 2.45) is 0 Å². The van der Waals surface area contributed by atoms with Gasteiger partial charge in [-0.05, 0) is 90.3 Å². The van der Waals surface area contributed by atoms with E-state index in [2.05, 4.69) is 101 Å². The Morgan fingerprint density at radius 3 is 1.93 bits per heavy atom. The molecule has 2 nitrogen and oxygen atoms in total. The van der Waals surface area contributed by atoms with E-state index in [-0.39, 0.29) is 5.88 Å². The van der Waals surface area contributed by atoms with E-state index in [4.69, 9.17) is 0 Å². The van der Waals surface area contributed by atoms with Crippen LogP contribution in [0.2, 0.25) is 0 Å². The predicted molar refractivity (Wildman–Crippen MR) is 126 cm³/mol. The van der Waals surface area contributed by atoms with Gasteiger partial charge >= 0.3 is 0 Å². The monoisotopic (exact) mass is 385 g/mol. The lowest BCUT2D eigenvalue weighted by Gasteiger charge is -2.18. The van der Waals surface area contributed by atoms with Crippen molar-refractivity contribution in [3.63, 3.8) is 0 Å². The minimum absolute atomic E-state index is 0.0386. The Morgan fingerprint density at radius 2 is 1.41 bits per heavy atom. The van der Waals surface area contributed by atoms with E-state index >= 15 is 0 Å². The van der Waals surface area contributed by atoms with E-state index in [0.717, 1.165) is 17.7 Å². The highest BCUT2D eigenvalue weighted by molar-refractivity contribution is 5.78. The number of benzene rings is 3. The Labute approximate surface area is 174 Å². The Bertz CT molecular complexity index is 1010. The van der Waals surface area contributed by atoms with Crippen molar-refractivity contribution >= 4 is 5.69 Å². The van der Waals surface area contributed by atoms with Gasteiger partial charge in [-0.15, -0.1) is 0 Å². The summed E-state index contributed by atoms with van der Waals surface area (Å²) in [6.07, 6.45) is 1.16. The maximum Gasteiger partial charge on any atom is 0.181 e. The Hall–Kier alpha value is -3.00. The van der Waals surface area contributed by atoms with Crippen molar-refractivity contribution < 1.29 is 5.11 Å². The second-order valence-electron chi connectivity index (χ2n) is 7.95. The Morgan fingerprint density at radius 1 is 0.897 bits per heavy atom. The van der Waals surface area contributed by atoms with Gasteiger partial charge in [0.05, 0.1) is 0 Å². The fourth-order valence-corrected chi connectivity index (χ4v) is 3.88. The van der Waals surface area contributed by atoms with Crippen LogP contribution in [0.15, 0.2) is 67.1 Å². The van der Waals surface area contributed by atoms with Crippen molar-refractivity contribution in [2.75, 3.05) is 5.32 Å². The van der Waals surface area contributed by atoms with E-state index in [1.54, 1.807) is 0 Å². The average Bonchev–Trinajstić information content (AvgIpc) is 2.71. The van der Waals surface area contributed by atoms with E-state index in [0.29, 0.717) is 5.92 Å². The first-order valence-corrected chi connectivity index (χ1v) is 10.3. The van der Waals surface area contributed by atoms with Crippen LogP contribution >= 0.6 is 0 Å². The smallest absolute Gasteiger partial charge is 0.181 e. The molecule has 2 N–H and O–H groups in total. The van der Waals surface area contributed by atoms with Gasteiger partial charge in [0.15, 0.2) is 5.88 Å². The number of aryl methyl sites for hydroxylation is 1. The largest absolute Gasteiger partial charge is 0.495 e. The summed E-state index contributed by atoms with van der Waals surface area (Å²) in [6.45, 7) is 14.3. The summed E-state index contributed by atoms with van der Waals surface area (Å²) in [5.41, 5.74) is 10.7. The van der Waals surface area contributed by atoms with Gasteiger partial charge < -0.3 is 10.4 Å². The highest BCUT2D eigenvalue weighted by Gasteiger charge is 2.13. The maximum absolute atomic E-state index is 9.49. The van der Waals surface area contributed by atoms with Gasteiger partial charge in [0.2, 0.25) is 0 Å². The predicted octanol–water partition coefficient (Wildman–Crippen LogP) is 7.90. The number of hydrogen-bond donors (Lipinski definition) is 2. The molecule has 0 saturated heterocycles. The standard InChI is InChI=1S/C27H31NO/c1-7-17(2)22-8-10-23(11-9-22)24-12-14-25(15-13-24)27-18(3)16-26(28-21(6)29)19(4)20(27)5/h8-17,28-29H,6-7H2,1-5H3. The quantitative estimate of drug-likeness (QED) is 0.423. The molecule has 0 fully saturated rings. The van der Waals surface area contributed by atoms with Gasteiger partial charge in [-0.1, -0.05) is 62.4 Å². The molecule has 150 valence electrons. The number of aliphatic hydroxyl groups is 1. The fourth-order valence-electron chi connectivity index (χ4n) is 3.88. The molecule has 2 heteroatoms. The molecule has 29 heavy (non-hydrogen) atoms. The Kier molecular flexibility index (Phi) is 6.12. The van der Waals surface area contributed by atoms with E-state index in [1.165, 1.54) is 38.9 Å². The zero-order valence-electron chi connectivity index (χ0n) is 18.1. The fraction of sp³-hybridized carbons (Fsp3) is 0.259. The molecule has 0 aliphatic rings. The molecule has 3 aromatic carbocycles. The summed E-state index contributed by atoms with van der Waals surface area (Å²) in [7, 11) is 0. The van der Waals surface area contributed by atoms with Gasteiger partial charge in [0, 0.05) is 5.69 Å². The minimum Gasteiger partial charge on any atom is -0.495 e. The highest BCUT2D eigenvalue weighted by atomic mass is 16.3. The van der Waals surface area contributed by atoms with Crippen LogP contribution in [0.5, 0.6) is 0 Å². The second kappa shape index (κ2) is 8.57. The molecule has 0 saturated carbocycles. The third-order valence-electron chi connectivity index (χ3n) is 5.97. The number of hydrogen-bond acceptors (Lipinski definition) is 2. The van der Waals surface area contributed by atoms with Gasteiger partial charge in [0.25, 0.3) is 0 Å². The number of rotatable bonds is 6. The number of aliphatic hydroxyl groups excluding tert-OH is 1. The van der Waals surface area contributed by atoms with Crippen LogP contribution < -0.4 is 5.32 Å². The zero-order chi connectivity index (χ0) is 21.1. The van der Waals surface area contributed by atoms with Crippen molar-refractivity contribution in [1.82, 2.24) is 0 Å². The van der Waals surface area contributed by atoms with Gasteiger partial charge in [0.1, 0.15) is 0 Å². The first kappa shape index (κ1) is 20.7. The summed E-state index contributed by atoms with van der Waals surface area (Å²) < 4.78 is 0. The van der Waals surface area contributed by atoms with Crippen LogP contribution in [0.1, 0.15) is 48.4 Å². The van der Waals surface area contributed by atoms with Crippen molar-refractivity contribution in [2.45, 2.75) is 47.0 Å². The summed E-state index contributed by atoms with van der Waals surface area (Å²) >= 11 is 0. The van der Waals surface area contributed by atoms with Crippen molar-refractivity contribution in [3.05, 3.63) is 89.3 Å².